The van der Waals surface area contributed by atoms with E-state index in [1.54, 1.807) is 11.3 Å². The van der Waals surface area contributed by atoms with E-state index >= 15 is 0 Å². The van der Waals surface area contributed by atoms with Crippen LogP contribution in [-0.4, -0.2) is 6.04 Å². The molecule has 0 aromatic carbocycles. The second kappa shape index (κ2) is 4.60. The summed E-state index contributed by atoms with van der Waals surface area (Å²) < 4.78 is 0. The van der Waals surface area contributed by atoms with Crippen LogP contribution in [0.1, 0.15) is 55.5 Å². The molecule has 4 saturated carbocycles. The summed E-state index contributed by atoms with van der Waals surface area (Å²) in [6.45, 7) is 4.62. The van der Waals surface area contributed by atoms with Gasteiger partial charge in [-0.15, -0.1) is 11.3 Å². The van der Waals surface area contributed by atoms with Crippen molar-refractivity contribution in [2.45, 2.75) is 58.0 Å². The lowest BCUT2D eigenvalue weighted by Crippen LogP contribution is -2.54. The summed E-state index contributed by atoms with van der Waals surface area (Å²) in [7, 11) is 0. The van der Waals surface area contributed by atoms with Crippen LogP contribution < -0.4 is 5.32 Å². The number of nitrogens with one attached hydrogen (secondary N) is 1. The summed E-state index contributed by atoms with van der Waals surface area (Å²) >= 11 is 1.92. The molecule has 4 fully saturated rings. The zero-order chi connectivity index (χ0) is 13.0. The van der Waals surface area contributed by atoms with Crippen molar-refractivity contribution in [1.29, 1.82) is 0 Å². The minimum absolute atomic E-state index is 0.544. The van der Waals surface area contributed by atoms with E-state index in [1.807, 2.05) is 11.3 Å². The van der Waals surface area contributed by atoms with E-state index in [-0.39, 0.29) is 0 Å². The second-order valence-electron chi connectivity index (χ2n) is 7.31. The van der Waals surface area contributed by atoms with Crippen LogP contribution in [0.2, 0.25) is 0 Å². The Hall–Kier alpha value is -0.340. The van der Waals surface area contributed by atoms with Gasteiger partial charge >= 0.3 is 0 Å². The molecule has 0 amide bonds. The Morgan fingerprint density at radius 1 is 1.11 bits per heavy atom. The predicted molar refractivity (Wildman–Crippen MR) is 81.4 cm³/mol. The average molecular weight is 275 g/mol. The molecule has 1 aromatic heterocycles. The maximum atomic E-state index is 4.02. The van der Waals surface area contributed by atoms with Crippen molar-refractivity contribution in [3.8, 4) is 0 Å². The molecule has 0 spiro atoms. The molecule has 104 valence electrons. The van der Waals surface area contributed by atoms with Crippen LogP contribution in [0.15, 0.2) is 11.4 Å². The lowest BCUT2D eigenvalue weighted by molar-refractivity contribution is -0.0170. The Morgan fingerprint density at radius 2 is 1.74 bits per heavy atom. The molecule has 1 nitrogen and oxygen atoms in total. The van der Waals surface area contributed by atoms with Crippen LogP contribution in [0.5, 0.6) is 0 Å². The van der Waals surface area contributed by atoms with Crippen LogP contribution in [-0.2, 0) is 0 Å². The first-order valence-corrected chi connectivity index (χ1v) is 8.88. The van der Waals surface area contributed by atoms with Gasteiger partial charge in [-0.2, -0.15) is 0 Å². The number of aryl methyl sites for hydroxylation is 1. The smallest absolute Gasteiger partial charge is 0.0391 e. The highest BCUT2D eigenvalue weighted by Crippen LogP contribution is 2.54. The molecule has 0 radical (unpaired) electrons. The van der Waals surface area contributed by atoms with Crippen LogP contribution in [0.3, 0.4) is 0 Å². The Kier molecular flexibility index (Phi) is 3.00. The quantitative estimate of drug-likeness (QED) is 0.854. The van der Waals surface area contributed by atoms with Crippen LogP contribution in [0.25, 0.3) is 0 Å². The molecule has 2 heteroatoms. The van der Waals surface area contributed by atoms with Gasteiger partial charge in [0.05, 0.1) is 0 Å². The van der Waals surface area contributed by atoms with E-state index in [0.29, 0.717) is 6.04 Å². The molecular formula is C17H25NS. The highest BCUT2D eigenvalue weighted by molar-refractivity contribution is 7.10. The minimum Gasteiger partial charge on any atom is -0.306 e. The van der Waals surface area contributed by atoms with Gasteiger partial charge in [-0.1, -0.05) is 0 Å². The fourth-order valence-corrected chi connectivity index (χ4v) is 6.33. The third-order valence-corrected chi connectivity index (χ3v) is 7.17. The zero-order valence-corrected chi connectivity index (χ0v) is 12.9. The Morgan fingerprint density at radius 3 is 2.26 bits per heavy atom. The van der Waals surface area contributed by atoms with E-state index in [0.717, 1.165) is 29.7 Å². The normalized spacial score (nSPS) is 41.7. The van der Waals surface area contributed by atoms with Crippen molar-refractivity contribution in [3.63, 3.8) is 0 Å². The maximum Gasteiger partial charge on any atom is 0.0391 e. The van der Waals surface area contributed by atoms with E-state index in [9.17, 15) is 0 Å². The van der Waals surface area contributed by atoms with E-state index < -0.39 is 0 Å². The summed E-state index contributed by atoms with van der Waals surface area (Å²) in [6, 6.07) is 3.61. The molecule has 1 heterocycles. The van der Waals surface area contributed by atoms with Gasteiger partial charge in [0, 0.05) is 17.0 Å². The third-order valence-electron chi connectivity index (χ3n) is 5.96. The molecule has 0 aliphatic heterocycles. The van der Waals surface area contributed by atoms with Gasteiger partial charge in [-0.3, -0.25) is 0 Å². The standard InChI is InChI=1S/C17H25NS/c1-10-3-4-19-17(10)11(2)18-16-14-6-12-5-13(8-14)9-15(16)7-12/h3-4,11-16,18H,5-9H2,1-2H3. The number of hydrogen-bond acceptors (Lipinski definition) is 2. The molecule has 1 aromatic rings. The maximum absolute atomic E-state index is 4.02. The Bertz CT molecular complexity index is 436. The van der Waals surface area contributed by atoms with Gasteiger partial charge in [0.2, 0.25) is 0 Å². The van der Waals surface area contributed by atoms with E-state index in [2.05, 4.69) is 30.6 Å². The van der Waals surface area contributed by atoms with Crippen LogP contribution >= 0.6 is 11.3 Å². The van der Waals surface area contributed by atoms with Gasteiger partial charge in [0.25, 0.3) is 0 Å². The lowest BCUT2D eigenvalue weighted by atomic mass is 9.54. The summed E-state index contributed by atoms with van der Waals surface area (Å²) in [5.41, 5.74) is 1.47. The highest BCUT2D eigenvalue weighted by Gasteiger charge is 2.48. The monoisotopic (exact) mass is 275 g/mol. The van der Waals surface area contributed by atoms with Crippen molar-refractivity contribution in [3.05, 3.63) is 21.9 Å². The third kappa shape index (κ3) is 2.08. The Labute approximate surface area is 120 Å². The number of thiophene rings is 1. The summed E-state index contributed by atoms with van der Waals surface area (Å²) in [6.07, 6.45) is 7.61. The summed E-state index contributed by atoms with van der Waals surface area (Å²) in [5, 5.41) is 6.25. The molecule has 4 aliphatic rings. The predicted octanol–water partition coefficient (Wildman–Crippen LogP) is 4.53. The van der Waals surface area contributed by atoms with Gasteiger partial charge in [-0.05, 0) is 86.6 Å². The largest absolute Gasteiger partial charge is 0.306 e. The molecule has 1 N–H and O–H groups in total. The van der Waals surface area contributed by atoms with Crippen molar-refractivity contribution < 1.29 is 0 Å². The molecule has 1 unspecified atom stereocenters. The molecule has 5 rings (SSSR count). The first-order valence-electron chi connectivity index (χ1n) is 8.00. The average Bonchev–Trinajstić information content (AvgIpc) is 2.79. The van der Waals surface area contributed by atoms with Crippen LogP contribution in [0, 0.1) is 30.6 Å². The van der Waals surface area contributed by atoms with Gasteiger partial charge < -0.3 is 5.32 Å². The molecule has 1 atom stereocenters. The minimum atomic E-state index is 0.544. The topological polar surface area (TPSA) is 12.0 Å². The summed E-state index contributed by atoms with van der Waals surface area (Å²) in [5.74, 6) is 4.14. The molecule has 0 saturated heterocycles. The molecule has 4 bridgehead atoms. The fourth-order valence-electron chi connectivity index (χ4n) is 5.39. The molecular weight excluding hydrogens is 250 g/mol. The highest BCUT2D eigenvalue weighted by atomic mass is 32.1. The Balaban J connectivity index is 1.50. The first kappa shape index (κ1) is 12.4. The van der Waals surface area contributed by atoms with Crippen molar-refractivity contribution in [2.75, 3.05) is 0 Å². The SMILES string of the molecule is Cc1ccsc1C(C)NC1C2CC3CC(C2)CC1C3. The summed E-state index contributed by atoms with van der Waals surface area (Å²) in [4.78, 5) is 1.55. The van der Waals surface area contributed by atoms with E-state index in [1.165, 1.54) is 31.2 Å². The lowest BCUT2D eigenvalue weighted by Gasteiger charge is -2.55. The van der Waals surface area contributed by atoms with Gasteiger partial charge in [-0.25, -0.2) is 0 Å². The fraction of sp³-hybridized carbons (Fsp3) is 0.765. The van der Waals surface area contributed by atoms with Gasteiger partial charge in [0.1, 0.15) is 0 Å². The van der Waals surface area contributed by atoms with Crippen LogP contribution in [0.4, 0.5) is 0 Å². The van der Waals surface area contributed by atoms with Crippen molar-refractivity contribution >= 4 is 11.3 Å². The molecule has 19 heavy (non-hydrogen) atoms. The number of rotatable bonds is 3. The van der Waals surface area contributed by atoms with Crippen molar-refractivity contribution in [2.24, 2.45) is 23.7 Å². The first-order chi connectivity index (χ1) is 9.20. The zero-order valence-electron chi connectivity index (χ0n) is 12.1. The van der Waals surface area contributed by atoms with Gasteiger partial charge in [0.15, 0.2) is 0 Å². The number of hydrogen-bond donors (Lipinski definition) is 1. The van der Waals surface area contributed by atoms with Crippen molar-refractivity contribution in [1.82, 2.24) is 5.32 Å². The van der Waals surface area contributed by atoms with E-state index in [4.69, 9.17) is 0 Å². The second-order valence-corrected chi connectivity index (χ2v) is 8.26. The molecule has 4 aliphatic carbocycles.